The molecule has 5 heteroatoms. The maximum Gasteiger partial charge on any atom is 0.329 e. The van der Waals surface area contributed by atoms with Gasteiger partial charge in [-0.15, -0.1) is 0 Å². The molecule has 0 saturated heterocycles. The molecule has 154 valence electrons. The predicted molar refractivity (Wildman–Crippen MR) is 110 cm³/mol. The zero-order valence-electron chi connectivity index (χ0n) is 16.5. The number of ketones is 1. The molecular weight excluding hydrogens is 368 g/mol. The van der Waals surface area contributed by atoms with Gasteiger partial charge in [0, 0.05) is 18.9 Å². The van der Waals surface area contributed by atoms with Crippen LogP contribution in [0, 0.1) is 5.92 Å². The number of aliphatic hydroxyl groups is 1. The van der Waals surface area contributed by atoms with E-state index in [1.54, 1.807) is 0 Å². The lowest BCUT2D eigenvalue weighted by molar-refractivity contribution is -0.142. The molecule has 1 aliphatic rings. The first-order valence-corrected chi connectivity index (χ1v) is 10.2. The van der Waals surface area contributed by atoms with Crippen LogP contribution in [-0.4, -0.2) is 35.2 Å². The second-order valence-electron chi connectivity index (χ2n) is 7.68. The van der Waals surface area contributed by atoms with Crippen LogP contribution in [0.1, 0.15) is 54.4 Å². The van der Waals surface area contributed by atoms with Crippen molar-refractivity contribution >= 4 is 11.8 Å². The molecule has 0 heterocycles. The minimum Gasteiger partial charge on any atom is -0.480 e. The summed E-state index contributed by atoms with van der Waals surface area (Å²) in [5, 5.41) is 19.2. The standard InChI is InChI=1S/C24H28O5/c25-21(12-6-17-4-2-1-3-5-17)18-7-9-19(10-8-18)24-20(11-13-22(24)26)14-15-29-16-23(27)28/h1-5,7-10,20-21,24-25H,6,11-16H2,(H,27,28). The summed E-state index contributed by atoms with van der Waals surface area (Å²) in [5.41, 5.74) is 3.03. The van der Waals surface area contributed by atoms with Crippen molar-refractivity contribution < 1.29 is 24.5 Å². The Bertz CT molecular complexity index is 800. The second-order valence-corrected chi connectivity index (χ2v) is 7.68. The van der Waals surface area contributed by atoms with Crippen molar-refractivity contribution in [3.05, 3.63) is 71.3 Å². The lowest BCUT2D eigenvalue weighted by Crippen LogP contribution is -2.16. The third kappa shape index (κ3) is 5.99. The Labute approximate surface area is 171 Å². The van der Waals surface area contributed by atoms with Gasteiger partial charge in [-0.3, -0.25) is 4.79 Å². The van der Waals surface area contributed by atoms with E-state index in [0.717, 1.165) is 24.0 Å². The molecule has 2 aromatic rings. The molecule has 5 nitrogen and oxygen atoms in total. The summed E-state index contributed by atoms with van der Waals surface area (Å²) < 4.78 is 5.15. The average molecular weight is 396 g/mol. The summed E-state index contributed by atoms with van der Waals surface area (Å²) in [4.78, 5) is 23.0. The Kier molecular flexibility index (Phi) is 7.55. The van der Waals surface area contributed by atoms with Crippen molar-refractivity contribution in [1.82, 2.24) is 0 Å². The fourth-order valence-electron chi connectivity index (χ4n) is 4.12. The molecule has 0 spiro atoms. The summed E-state index contributed by atoms with van der Waals surface area (Å²) >= 11 is 0. The zero-order valence-corrected chi connectivity index (χ0v) is 16.5. The van der Waals surface area contributed by atoms with E-state index >= 15 is 0 Å². The van der Waals surface area contributed by atoms with Gasteiger partial charge in [0.15, 0.2) is 0 Å². The smallest absolute Gasteiger partial charge is 0.329 e. The van der Waals surface area contributed by atoms with E-state index < -0.39 is 12.1 Å². The molecule has 29 heavy (non-hydrogen) atoms. The number of ether oxygens (including phenoxy) is 1. The van der Waals surface area contributed by atoms with Gasteiger partial charge in [0.05, 0.1) is 6.10 Å². The number of aliphatic carboxylic acids is 1. The van der Waals surface area contributed by atoms with E-state index in [2.05, 4.69) is 12.1 Å². The van der Waals surface area contributed by atoms with Crippen LogP contribution in [0.4, 0.5) is 0 Å². The number of aliphatic hydroxyl groups excluding tert-OH is 1. The van der Waals surface area contributed by atoms with Crippen molar-refractivity contribution in [2.45, 2.75) is 44.1 Å². The maximum atomic E-state index is 12.4. The highest BCUT2D eigenvalue weighted by molar-refractivity contribution is 5.88. The summed E-state index contributed by atoms with van der Waals surface area (Å²) in [5.74, 6) is -0.750. The SMILES string of the molecule is O=C(O)COCCC1CCC(=O)C1c1ccc(C(O)CCc2ccccc2)cc1. The number of hydrogen-bond donors (Lipinski definition) is 2. The summed E-state index contributed by atoms with van der Waals surface area (Å²) in [7, 11) is 0. The molecule has 0 amide bonds. The van der Waals surface area contributed by atoms with Gasteiger partial charge in [0.25, 0.3) is 0 Å². The Morgan fingerprint density at radius 3 is 2.52 bits per heavy atom. The van der Waals surface area contributed by atoms with Crippen molar-refractivity contribution in [2.75, 3.05) is 13.2 Å². The van der Waals surface area contributed by atoms with Crippen LogP contribution >= 0.6 is 0 Å². The number of benzene rings is 2. The third-order valence-electron chi connectivity index (χ3n) is 5.67. The first-order chi connectivity index (χ1) is 14.0. The van der Waals surface area contributed by atoms with Crippen molar-refractivity contribution in [3.63, 3.8) is 0 Å². The summed E-state index contributed by atoms with van der Waals surface area (Å²) in [6.45, 7) is 0.0396. The van der Waals surface area contributed by atoms with Crippen molar-refractivity contribution in [2.24, 2.45) is 5.92 Å². The minimum atomic E-state index is -0.981. The third-order valence-corrected chi connectivity index (χ3v) is 5.67. The van der Waals surface area contributed by atoms with Crippen molar-refractivity contribution in [1.29, 1.82) is 0 Å². The largest absolute Gasteiger partial charge is 0.480 e. The number of hydrogen-bond acceptors (Lipinski definition) is 4. The number of rotatable bonds is 10. The molecule has 1 aliphatic carbocycles. The normalized spacial score (nSPS) is 20.0. The van der Waals surface area contributed by atoms with E-state index in [9.17, 15) is 14.7 Å². The zero-order chi connectivity index (χ0) is 20.6. The molecule has 3 rings (SSSR count). The van der Waals surface area contributed by atoms with Gasteiger partial charge < -0.3 is 14.9 Å². The topological polar surface area (TPSA) is 83.8 Å². The lowest BCUT2D eigenvalue weighted by atomic mass is 9.85. The van der Waals surface area contributed by atoms with Gasteiger partial charge in [0.1, 0.15) is 12.4 Å². The highest BCUT2D eigenvalue weighted by Gasteiger charge is 2.35. The highest BCUT2D eigenvalue weighted by atomic mass is 16.5. The summed E-state index contributed by atoms with van der Waals surface area (Å²) in [6, 6.07) is 17.8. The van der Waals surface area contributed by atoms with Crippen LogP contribution in [0.2, 0.25) is 0 Å². The maximum absolute atomic E-state index is 12.4. The molecule has 1 fully saturated rings. The molecule has 0 aliphatic heterocycles. The van der Waals surface area contributed by atoms with Crippen LogP contribution in [0.5, 0.6) is 0 Å². The molecule has 2 aromatic carbocycles. The van der Waals surface area contributed by atoms with Gasteiger partial charge >= 0.3 is 5.97 Å². The first-order valence-electron chi connectivity index (χ1n) is 10.2. The molecule has 3 atom stereocenters. The molecule has 0 bridgehead atoms. The molecule has 0 aromatic heterocycles. The van der Waals surface area contributed by atoms with Gasteiger partial charge in [-0.25, -0.2) is 4.79 Å². The van der Waals surface area contributed by atoms with Gasteiger partial charge in [-0.1, -0.05) is 54.6 Å². The fraction of sp³-hybridized carbons (Fsp3) is 0.417. The summed E-state index contributed by atoms with van der Waals surface area (Å²) in [6.07, 6.45) is 2.95. The first kappa shape index (κ1) is 21.2. The van der Waals surface area contributed by atoms with Gasteiger partial charge in [-0.2, -0.15) is 0 Å². The quantitative estimate of drug-likeness (QED) is 0.595. The highest BCUT2D eigenvalue weighted by Crippen LogP contribution is 2.39. The van der Waals surface area contributed by atoms with E-state index in [0.29, 0.717) is 25.9 Å². The molecule has 0 radical (unpaired) electrons. The fourth-order valence-corrected chi connectivity index (χ4v) is 4.12. The lowest BCUT2D eigenvalue weighted by Gasteiger charge is -2.19. The Morgan fingerprint density at radius 2 is 1.83 bits per heavy atom. The van der Waals surface area contributed by atoms with Gasteiger partial charge in [-0.05, 0) is 48.3 Å². The Hall–Kier alpha value is -2.50. The van der Waals surface area contributed by atoms with Gasteiger partial charge in [0.2, 0.25) is 0 Å². The van der Waals surface area contributed by atoms with E-state index in [-0.39, 0.29) is 24.2 Å². The van der Waals surface area contributed by atoms with Crippen LogP contribution in [0.25, 0.3) is 0 Å². The van der Waals surface area contributed by atoms with Crippen LogP contribution < -0.4 is 0 Å². The number of carbonyl (C=O) groups excluding carboxylic acids is 1. The number of Topliss-reactive ketones (excluding diaryl/α,β-unsaturated/α-hetero) is 1. The molecule has 1 saturated carbocycles. The van der Waals surface area contributed by atoms with Crippen LogP contribution in [0.3, 0.4) is 0 Å². The number of carboxylic acids is 1. The molecule has 3 unspecified atom stereocenters. The Morgan fingerprint density at radius 1 is 1.10 bits per heavy atom. The predicted octanol–water partition coefficient (Wildman–Crippen LogP) is 3.91. The van der Waals surface area contributed by atoms with Crippen molar-refractivity contribution in [3.8, 4) is 0 Å². The number of aryl methyl sites for hydroxylation is 1. The minimum absolute atomic E-state index is 0.168. The van der Waals surface area contributed by atoms with Crippen LogP contribution in [-0.2, 0) is 20.7 Å². The van der Waals surface area contributed by atoms with E-state index in [1.165, 1.54) is 5.56 Å². The second kappa shape index (κ2) is 10.3. The van der Waals surface area contributed by atoms with Crippen LogP contribution in [0.15, 0.2) is 54.6 Å². The number of carboxylic acid groups (broad SMARTS) is 1. The number of carbonyl (C=O) groups is 2. The average Bonchev–Trinajstić information content (AvgIpc) is 3.10. The molecule has 2 N–H and O–H groups in total. The monoisotopic (exact) mass is 396 g/mol. The van der Waals surface area contributed by atoms with E-state index in [4.69, 9.17) is 9.84 Å². The van der Waals surface area contributed by atoms with E-state index in [1.807, 2.05) is 42.5 Å². The Balaban J connectivity index is 1.57. The molecular formula is C24H28O5.